The summed E-state index contributed by atoms with van der Waals surface area (Å²) < 4.78 is 49.1. The van der Waals surface area contributed by atoms with E-state index >= 15 is 0 Å². The minimum Gasteiger partial charge on any atom is -0.461 e. The summed E-state index contributed by atoms with van der Waals surface area (Å²) in [4.78, 5) is 12.7. The molecule has 3 aliphatic rings. The molecule has 0 saturated carbocycles. The number of nitrogens with zero attached hydrogens (tertiary/aromatic N) is 4. The van der Waals surface area contributed by atoms with Gasteiger partial charge in [-0.2, -0.15) is 9.97 Å². The maximum absolute atomic E-state index is 15.0. The standard InChI is InChI=1S/C22H26BrF3N4O2/c1-21(31)4-2-6-29(11-21)19-14-8-15(25)16(23)17(26)18(14)27-20(28-19)32-12-22-5-3-7-30(22)10-13(24)9-22/h8,13,31H,2-7,9-12H2,1H3/t13-,21?,22+/m1/s1. The van der Waals surface area contributed by atoms with Gasteiger partial charge in [-0.3, -0.25) is 4.90 Å². The topological polar surface area (TPSA) is 61.7 Å². The van der Waals surface area contributed by atoms with Gasteiger partial charge < -0.3 is 14.7 Å². The van der Waals surface area contributed by atoms with Crippen molar-refractivity contribution in [3.8, 4) is 6.01 Å². The molecule has 1 aromatic heterocycles. The molecule has 0 amide bonds. The maximum atomic E-state index is 15.0. The van der Waals surface area contributed by atoms with Gasteiger partial charge in [0.05, 0.1) is 15.6 Å². The Morgan fingerprint density at radius 2 is 2.03 bits per heavy atom. The third-order valence-corrected chi connectivity index (χ3v) is 7.72. The van der Waals surface area contributed by atoms with E-state index in [2.05, 4.69) is 30.8 Å². The predicted molar refractivity (Wildman–Crippen MR) is 118 cm³/mol. The van der Waals surface area contributed by atoms with Crippen LogP contribution in [-0.4, -0.2) is 70.1 Å². The average Bonchev–Trinajstić information content (AvgIpc) is 3.25. The molecule has 174 valence electrons. The molecule has 6 nitrogen and oxygen atoms in total. The van der Waals surface area contributed by atoms with Crippen LogP contribution in [0, 0.1) is 11.6 Å². The lowest BCUT2D eigenvalue weighted by atomic mass is 9.95. The highest BCUT2D eigenvalue weighted by Crippen LogP contribution is 2.41. The normalized spacial score (nSPS) is 30.8. The van der Waals surface area contributed by atoms with Crippen LogP contribution < -0.4 is 9.64 Å². The van der Waals surface area contributed by atoms with Crippen molar-refractivity contribution in [1.82, 2.24) is 14.9 Å². The van der Waals surface area contributed by atoms with Crippen molar-refractivity contribution in [2.75, 3.05) is 37.7 Å². The summed E-state index contributed by atoms with van der Waals surface area (Å²) in [5.41, 5.74) is -1.39. The Kier molecular flexibility index (Phi) is 5.53. The second-order valence-electron chi connectivity index (χ2n) is 9.60. The Morgan fingerprint density at radius 3 is 2.81 bits per heavy atom. The van der Waals surface area contributed by atoms with E-state index < -0.39 is 28.9 Å². The lowest BCUT2D eigenvalue weighted by molar-refractivity contribution is 0.0447. The number of piperidine rings is 1. The fraction of sp³-hybridized carbons (Fsp3) is 0.636. The largest absolute Gasteiger partial charge is 0.461 e. The number of hydrogen-bond donors (Lipinski definition) is 1. The quantitative estimate of drug-likeness (QED) is 0.622. The summed E-state index contributed by atoms with van der Waals surface area (Å²) in [6, 6.07) is 1.17. The van der Waals surface area contributed by atoms with Gasteiger partial charge >= 0.3 is 6.01 Å². The van der Waals surface area contributed by atoms with E-state index in [0.29, 0.717) is 38.2 Å². The molecule has 0 radical (unpaired) electrons. The van der Waals surface area contributed by atoms with Crippen LogP contribution in [0.4, 0.5) is 19.0 Å². The molecule has 0 bridgehead atoms. The molecule has 4 heterocycles. The first-order chi connectivity index (χ1) is 15.2. The van der Waals surface area contributed by atoms with Crippen molar-refractivity contribution in [3.05, 3.63) is 22.2 Å². The molecule has 1 N–H and O–H groups in total. The number of β-amino-alcohol motifs (C(OH)–C–C–N with tert-alkyl or cyclic N) is 1. The maximum Gasteiger partial charge on any atom is 0.319 e. The first-order valence-electron chi connectivity index (χ1n) is 11.0. The number of aliphatic hydroxyl groups is 1. The number of alkyl halides is 1. The summed E-state index contributed by atoms with van der Waals surface area (Å²) in [5, 5.41) is 10.8. The summed E-state index contributed by atoms with van der Waals surface area (Å²) in [6.07, 6.45) is 2.66. The van der Waals surface area contributed by atoms with E-state index in [0.717, 1.165) is 19.4 Å². The van der Waals surface area contributed by atoms with Crippen LogP contribution in [-0.2, 0) is 0 Å². The lowest BCUT2D eigenvalue weighted by Gasteiger charge is -2.38. The lowest BCUT2D eigenvalue weighted by Crippen LogP contribution is -2.46. The van der Waals surface area contributed by atoms with Crippen molar-refractivity contribution in [2.45, 2.75) is 56.3 Å². The zero-order chi connectivity index (χ0) is 22.7. The first-order valence-corrected chi connectivity index (χ1v) is 11.8. The highest BCUT2D eigenvalue weighted by molar-refractivity contribution is 9.10. The zero-order valence-corrected chi connectivity index (χ0v) is 19.5. The van der Waals surface area contributed by atoms with Crippen LogP contribution in [0.1, 0.15) is 39.0 Å². The molecular formula is C22H26BrF3N4O2. The molecule has 3 aliphatic heterocycles. The molecule has 2 aromatic rings. The van der Waals surface area contributed by atoms with Gasteiger partial charge in [0, 0.05) is 31.4 Å². The van der Waals surface area contributed by atoms with Crippen LogP contribution >= 0.6 is 15.9 Å². The molecule has 0 spiro atoms. The molecule has 5 rings (SSSR count). The summed E-state index contributed by atoms with van der Waals surface area (Å²) in [5.74, 6) is -1.26. The van der Waals surface area contributed by atoms with Crippen LogP contribution in [0.15, 0.2) is 10.5 Å². The van der Waals surface area contributed by atoms with Crippen LogP contribution in [0.2, 0.25) is 0 Å². The summed E-state index contributed by atoms with van der Waals surface area (Å²) in [7, 11) is 0. The van der Waals surface area contributed by atoms with E-state index in [4.69, 9.17) is 4.74 Å². The van der Waals surface area contributed by atoms with Crippen LogP contribution in [0.5, 0.6) is 6.01 Å². The number of hydrogen-bond acceptors (Lipinski definition) is 6. The van der Waals surface area contributed by atoms with Crippen molar-refractivity contribution < 1.29 is 23.0 Å². The molecule has 10 heteroatoms. The minimum atomic E-state index is -0.938. The van der Waals surface area contributed by atoms with E-state index in [9.17, 15) is 18.3 Å². The third-order valence-electron chi connectivity index (χ3n) is 6.99. The van der Waals surface area contributed by atoms with Gasteiger partial charge in [0.1, 0.15) is 29.9 Å². The highest BCUT2D eigenvalue weighted by atomic mass is 79.9. The zero-order valence-electron chi connectivity index (χ0n) is 17.9. The fourth-order valence-electron chi connectivity index (χ4n) is 5.49. The molecule has 32 heavy (non-hydrogen) atoms. The second-order valence-corrected chi connectivity index (χ2v) is 10.4. The fourth-order valence-corrected chi connectivity index (χ4v) is 5.79. The summed E-state index contributed by atoms with van der Waals surface area (Å²) >= 11 is 2.95. The van der Waals surface area contributed by atoms with Crippen LogP contribution in [0.25, 0.3) is 10.9 Å². The second kappa shape index (κ2) is 7.99. The Hall–Kier alpha value is -1.65. The molecule has 0 aliphatic carbocycles. The number of fused-ring (bicyclic) bond motifs is 2. The summed E-state index contributed by atoms with van der Waals surface area (Å²) in [6.45, 7) is 4.04. The Balaban J connectivity index is 1.53. The van der Waals surface area contributed by atoms with Gasteiger partial charge in [-0.15, -0.1) is 0 Å². The van der Waals surface area contributed by atoms with Gasteiger partial charge in [0.25, 0.3) is 0 Å². The van der Waals surface area contributed by atoms with Crippen molar-refractivity contribution in [1.29, 1.82) is 0 Å². The number of ether oxygens (including phenoxy) is 1. The number of benzene rings is 1. The monoisotopic (exact) mass is 514 g/mol. The Bertz CT molecular complexity index is 1060. The molecule has 1 aromatic carbocycles. The smallest absolute Gasteiger partial charge is 0.319 e. The minimum absolute atomic E-state index is 0.0290. The number of aromatic nitrogens is 2. The number of anilines is 1. The first kappa shape index (κ1) is 22.2. The highest BCUT2D eigenvalue weighted by Gasteiger charge is 2.49. The Labute approximate surface area is 192 Å². The van der Waals surface area contributed by atoms with Gasteiger partial charge in [0.15, 0.2) is 5.82 Å². The van der Waals surface area contributed by atoms with Gasteiger partial charge in [-0.1, -0.05) is 0 Å². The van der Waals surface area contributed by atoms with Gasteiger partial charge in [0.2, 0.25) is 0 Å². The van der Waals surface area contributed by atoms with Gasteiger partial charge in [-0.05, 0) is 61.1 Å². The molecule has 1 unspecified atom stereocenters. The molecule has 3 atom stereocenters. The third kappa shape index (κ3) is 3.84. The van der Waals surface area contributed by atoms with E-state index in [-0.39, 0.29) is 34.5 Å². The van der Waals surface area contributed by atoms with Crippen molar-refractivity contribution in [2.24, 2.45) is 0 Å². The molecular weight excluding hydrogens is 489 g/mol. The van der Waals surface area contributed by atoms with Crippen molar-refractivity contribution in [3.63, 3.8) is 0 Å². The van der Waals surface area contributed by atoms with E-state index in [1.165, 1.54) is 6.07 Å². The Morgan fingerprint density at radius 1 is 1.25 bits per heavy atom. The number of rotatable bonds is 4. The van der Waals surface area contributed by atoms with Crippen molar-refractivity contribution >= 4 is 32.7 Å². The average molecular weight is 515 g/mol. The molecule has 3 fully saturated rings. The SMILES string of the molecule is CC1(O)CCCN(c2nc(OC[C@@]34CCCN3C[C@H](F)C4)nc3c(F)c(Br)c(F)cc23)C1. The number of halogens is 4. The predicted octanol–water partition coefficient (Wildman–Crippen LogP) is 3.98. The van der Waals surface area contributed by atoms with E-state index in [1.54, 1.807) is 6.92 Å². The van der Waals surface area contributed by atoms with Gasteiger partial charge in [-0.25, -0.2) is 13.2 Å². The van der Waals surface area contributed by atoms with Crippen LogP contribution in [0.3, 0.4) is 0 Å². The van der Waals surface area contributed by atoms with E-state index in [1.807, 2.05) is 4.90 Å². The molecule has 3 saturated heterocycles.